The van der Waals surface area contributed by atoms with Crippen molar-refractivity contribution in [2.75, 3.05) is 0 Å². The number of aromatic nitrogens is 2. The molecule has 0 radical (unpaired) electrons. The molecule has 1 rings (SSSR count). The molecule has 9 heavy (non-hydrogen) atoms. The van der Waals surface area contributed by atoms with Gasteiger partial charge in [0.15, 0.2) is 0 Å². The minimum Gasteiger partial charge on any atom is -0.376 e. The summed E-state index contributed by atoms with van der Waals surface area (Å²) < 4.78 is 1.69. The van der Waals surface area contributed by atoms with Gasteiger partial charge in [-0.05, 0) is 13.8 Å². The van der Waals surface area contributed by atoms with Crippen molar-refractivity contribution in [1.29, 1.82) is 0 Å². The van der Waals surface area contributed by atoms with E-state index in [-0.39, 0.29) is 6.73 Å². The molecule has 1 aromatic heterocycles. The predicted octanol–water partition coefficient (Wildman–Crippen LogP) is 0.450. The summed E-state index contributed by atoms with van der Waals surface area (Å²) in [5, 5.41) is 8.65. The number of aryl methyl sites for hydroxylation is 2. The molecule has 0 spiro atoms. The number of aliphatic hydroxyl groups is 1. The molecule has 0 aliphatic rings. The van der Waals surface area contributed by atoms with E-state index < -0.39 is 0 Å². The van der Waals surface area contributed by atoms with Crippen molar-refractivity contribution in [2.24, 2.45) is 0 Å². The van der Waals surface area contributed by atoms with Crippen molar-refractivity contribution in [3.05, 3.63) is 17.7 Å². The molecule has 0 atom stereocenters. The van der Waals surface area contributed by atoms with Gasteiger partial charge in [-0.2, -0.15) is 0 Å². The van der Waals surface area contributed by atoms with Crippen LogP contribution in [0.2, 0.25) is 0 Å². The van der Waals surface area contributed by atoms with Crippen LogP contribution in [0.25, 0.3) is 0 Å². The first-order valence-corrected chi connectivity index (χ1v) is 2.85. The van der Waals surface area contributed by atoms with Crippen LogP contribution < -0.4 is 0 Å². The summed E-state index contributed by atoms with van der Waals surface area (Å²) in [6, 6.07) is 0. The predicted molar refractivity (Wildman–Crippen MR) is 33.9 cm³/mol. The van der Waals surface area contributed by atoms with Gasteiger partial charge < -0.3 is 9.67 Å². The smallest absolute Gasteiger partial charge is 0.120 e. The van der Waals surface area contributed by atoms with Gasteiger partial charge in [0.1, 0.15) is 12.6 Å². The second kappa shape index (κ2) is 2.19. The maximum Gasteiger partial charge on any atom is 0.120 e. The van der Waals surface area contributed by atoms with Gasteiger partial charge in [-0.3, -0.25) is 0 Å². The first-order valence-electron chi connectivity index (χ1n) is 2.85. The fraction of sp³-hybridized carbons (Fsp3) is 0.500. The Bertz CT molecular complexity index is 205. The highest BCUT2D eigenvalue weighted by atomic mass is 16.3. The lowest BCUT2D eigenvalue weighted by Gasteiger charge is -1.94. The number of nitrogens with zero attached hydrogens (tertiary/aromatic N) is 2. The third-order valence-electron chi connectivity index (χ3n) is 1.25. The molecule has 1 heterocycles. The Labute approximate surface area is 54.0 Å². The van der Waals surface area contributed by atoms with Gasteiger partial charge in [-0.1, -0.05) is 0 Å². The van der Waals surface area contributed by atoms with Crippen LogP contribution in [-0.2, 0) is 6.73 Å². The lowest BCUT2D eigenvalue weighted by atomic mass is 10.6. The fourth-order valence-corrected chi connectivity index (χ4v) is 0.810. The molecule has 0 saturated heterocycles. The van der Waals surface area contributed by atoms with Crippen molar-refractivity contribution in [2.45, 2.75) is 20.6 Å². The van der Waals surface area contributed by atoms with Gasteiger partial charge in [-0.25, -0.2) is 4.98 Å². The molecule has 0 saturated carbocycles. The summed E-state index contributed by atoms with van der Waals surface area (Å²) in [6.07, 6.45) is 1.81. The van der Waals surface area contributed by atoms with E-state index in [9.17, 15) is 0 Å². The van der Waals surface area contributed by atoms with Crippen molar-refractivity contribution >= 4 is 0 Å². The van der Waals surface area contributed by atoms with Crippen LogP contribution >= 0.6 is 0 Å². The van der Waals surface area contributed by atoms with E-state index in [1.807, 2.05) is 20.0 Å². The third kappa shape index (κ3) is 1.10. The molecule has 0 unspecified atom stereocenters. The Morgan fingerprint density at radius 2 is 2.33 bits per heavy atom. The number of hydrogen-bond acceptors (Lipinski definition) is 2. The van der Waals surface area contributed by atoms with Crippen LogP contribution in [0.1, 0.15) is 11.5 Å². The van der Waals surface area contributed by atoms with Crippen LogP contribution in [0.4, 0.5) is 0 Å². The average molecular weight is 126 g/mol. The second-order valence-electron chi connectivity index (χ2n) is 2.04. The molecule has 0 aromatic carbocycles. The minimum absolute atomic E-state index is 0.0205. The summed E-state index contributed by atoms with van der Waals surface area (Å²) in [5.41, 5.74) is 0.946. The molecule has 0 aliphatic carbocycles. The Morgan fingerprint density at radius 1 is 1.67 bits per heavy atom. The Balaban J connectivity index is 3.01. The number of imidazole rings is 1. The normalized spacial score (nSPS) is 10.1. The third-order valence-corrected chi connectivity index (χ3v) is 1.25. The van der Waals surface area contributed by atoms with Crippen molar-refractivity contribution in [3.63, 3.8) is 0 Å². The van der Waals surface area contributed by atoms with Crippen molar-refractivity contribution in [1.82, 2.24) is 9.55 Å². The summed E-state index contributed by atoms with van der Waals surface area (Å²) in [6.45, 7) is 3.79. The van der Waals surface area contributed by atoms with Crippen LogP contribution in [-0.4, -0.2) is 14.7 Å². The highest BCUT2D eigenvalue weighted by Gasteiger charge is 1.95. The average Bonchev–Trinajstić information content (AvgIpc) is 2.10. The molecular formula is C6H10N2O. The maximum absolute atomic E-state index is 8.65. The zero-order valence-corrected chi connectivity index (χ0v) is 5.63. The Hall–Kier alpha value is -0.830. The molecule has 1 aromatic rings. The number of hydrogen-bond donors (Lipinski definition) is 1. The monoisotopic (exact) mass is 126 g/mol. The topological polar surface area (TPSA) is 38.0 Å². The van der Waals surface area contributed by atoms with Gasteiger partial charge in [0.05, 0.1) is 5.69 Å². The van der Waals surface area contributed by atoms with E-state index >= 15 is 0 Å². The van der Waals surface area contributed by atoms with E-state index in [2.05, 4.69) is 4.98 Å². The molecule has 0 bridgehead atoms. The van der Waals surface area contributed by atoms with Crippen LogP contribution in [0, 0.1) is 13.8 Å². The second-order valence-corrected chi connectivity index (χ2v) is 2.04. The molecule has 3 nitrogen and oxygen atoms in total. The van der Waals surface area contributed by atoms with E-state index in [0.29, 0.717) is 0 Å². The van der Waals surface area contributed by atoms with Crippen LogP contribution in [0.3, 0.4) is 0 Å². The van der Waals surface area contributed by atoms with Gasteiger partial charge >= 0.3 is 0 Å². The largest absolute Gasteiger partial charge is 0.376 e. The molecule has 3 heteroatoms. The Morgan fingerprint density at radius 3 is 2.56 bits per heavy atom. The lowest BCUT2D eigenvalue weighted by Crippen LogP contribution is -1.96. The van der Waals surface area contributed by atoms with Crippen LogP contribution in [0.15, 0.2) is 6.20 Å². The summed E-state index contributed by atoms with van der Waals surface area (Å²) in [5.74, 6) is 0.856. The van der Waals surface area contributed by atoms with Crippen molar-refractivity contribution in [3.8, 4) is 0 Å². The van der Waals surface area contributed by atoms with E-state index in [4.69, 9.17) is 5.11 Å². The highest BCUT2D eigenvalue weighted by molar-refractivity contribution is 4.99. The quantitative estimate of drug-likeness (QED) is 0.593. The summed E-state index contributed by atoms with van der Waals surface area (Å²) in [7, 11) is 0. The van der Waals surface area contributed by atoms with Gasteiger partial charge in [-0.15, -0.1) is 0 Å². The van der Waals surface area contributed by atoms with Crippen molar-refractivity contribution < 1.29 is 5.11 Å². The first kappa shape index (κ1) is 6.29. The number of aliphatic hydroxyl groups excluding tert-OH is 1. The summed E-state index contributed by atoms with van der Waals surface area (Å²) >= 11 is 0. The van der Waals surface area contributed by atoms with E-state index in [1.165, 1.54) is 0 Å². The zero-order chi connectivity index (χ0) is 6.85. The van der Waals surface area contributed by atoms with Gasteiger partial charge in [0.2, 0.25) is 0 Å². The molecule has 0 amide bonds. The Kier molecular flexibility index (Phi) is 1.53. The zero-order valence-electron chi connectivity index (χ0n) is 5.63. The molecule has 0 aliphatic heterocycles. The van der Waals surface area contributed by atoms with Gasteiger partial charge in [0, 0.05) is 6.20 Å². The minimum atomic E-state index is 0.0205. The SMILES string of the molecule is Cc1cn(CO)c(C)n1. The number of rotatable bonds is 1. The molecular weight excluding hydrogens is 116 g/mol. The lowest BCUT2D eigenvalue weighted by molar-refractivity contribution is 0.207. The van der Waals surface area contributed by atoms with Gasteiger partial charge in [0.25, 0.3) is 0 Å². The summed E-state index contributed by atoms with van der Waals surface area (Å²) in [4.78, 5) is 4.08. The fourth-order valence-electron chi connectivity index (χ4n) is 0.810. The van der Waals surface area contributed by atoms with Crippen LogP contribution in [0.5, 0.6) is 0 Å². The molecule has 50 valence electrons. The molecule has 0 fully saturated rings. The molecule has 1 N–H and O–H groups in total. The van der Waals surface area contributed by atoms with E-state index in [0.717, 1.165) is 11.5 Å². The first-order chi connectivity index (χ1) is 4.24. The standard InChI is InChI=1S/C6H10N2O/c1-5-3-8(4-9)6(2)7-5/h3,9H,4H2,1-2H3. The van der Waals surface area contributed by atoms with E-state index in [1.54, 1.807) is 4.57 Å². The maximum atomic E-state index is 8.65. The highest BCUT2D eigenvalue weighted by Crippen LogP contribution is 1.98.